The molecule has 2 aromatic heterocycles. The highest BCUT2D eigenvalue weighted by atomic mass is 19.4. The summed E-state index contributed by atoms with van der Waals surface area (Å²) < 4.78 is 58.4. The summed E-state index contributed by atoms with van der Waals surface area (Å²) in [5, 5.41) is 2.92. The number of halogens is 4. The van der Waals surface area contributed by atoms with Gasteiger partial charge in [-0.2, -0.15) is 18.2 Å². The molecule has 13 heteroatoms. The van der Waals surface area contributed by atoms with Gasteiger partial charge in [0.1, 0.15) is 5.69 Å². The number of amides is 1. The molecule has 1 aliphatic heterocycles. The van der Waals surface area contributed by atoms with Crippen molar-refractivity contribution in [2.24, 2.45) is 0 Å². The summed E-state index contributed by atoms with van der Waals surface area (Å²) in [5.41, 5.74) is 5.45. The highest BCUT2D eigenvalue weighted by molar-refractivity contribution is 5.93. The lowest BCUT2D eigenvalue weighted by Gasteiger charge is -2.28. The van der Waals surface area contributed by atoms with Crippen LogP contribution in [0.25, 0.3) is 0 Å². The van der Waals surface area contributed by atoms with Crippen LogP contribution in [0.3, 0.4) is 0 Å². The number of hydrogen-bond donors (Lipinski definition) is 3. The second kappa shape index (κ2) is 10.7. The van der Waals surface area contributed by atoms with Gasteiger partial charge in [0.15, 0.2) is 11.6 Å². The Morgan fingerprint density at radius 2 is 1.92 bits per heavy atom. The molecule has 1 fully saturated rings. The topological polar surface area (TPSA) is 104 Å². The first kappa shape index (κ1) is 25.1. The van der Waals surface area contributed by atoms with E-state index in [1.807, 2.05) is 0 Å². The number of morpholine rings is 1. The van der Waals surface area contributed by atoms with Crippen molar-refractivity contribution >= 4 is 29.0 Å². The number of nitrogens with one attached hydrogen (secondary N) is 3. The Hall–Kier alpha value is -4.00. The van der Waals surface area contributed by atoms with Crippen LogP contribution >= 0.6 is 0 Å². The van der Waals surface area contributed by atoms with Crippen molar-refractivity contribution in [1.29, 1.82) is 0 Å². The number of hydrazine groups is 1. The smallest absolute Gasteiger partial charge is 0.378 e. The van der Waals surface area contributed by atoms with Crippen LogP contribution in [0.15, 0.2) is 42.6 Å². The number of carbonyl (C=O) groups excluding carboxylic acids is 1. The number of aromatic nitrogens is 3. The fourth-order valence-electron chi connectivity index (χ4n) is 3.53. The molecule has 1 aliphatic rings. The lowest BCUT2D eigenvalue weighted by Crippen LogP contribution is -2.38. The van der Waals surface area contributed by atoms with E-state index >= 15 is 0 Å². The average molecular weight is 505 g/mol. The predicted octanol–water partition coefficient (Wildman–Crippen LogP) is 3.93. The summed E-state index contributed by atoms with van der Waals surface area (Å²) in [5.74, 6) is -1.10. The van der Waals surface area contributed by atoms with Gasteiger partial charge in [0.25, 0.3) is 5.91 Å². The van der Waals surface area contributed by atoms with Crippen molar-refractivity contribution in [1.82, 2.24) is 20.4 Å². The summed E-state index contributed by atoms with van der Waals surface area (Å²) in [7, 11) is 0. The van der Waals surface area contributed by atoms with Crippen molar-refractivity contribution in [2.45, 2.75) is 19.5 Å². The number of aryl methyl sites for hydroxylation is 1. The van der Waals surface area contributed by atoms with Crippen LogP contribution in [0.5, 0.6) is 0 Å². The van der Waals surface area contributed by atoms with Gasteiger partial charge in [-0.3, -0.25) is 15.6 Å². The number of nitrogens with zero attached hydrogens (tertiary/aromatic N) is 4. The maximum absolute atomic E-state index is 14.2. The highest BCUT2D eigenvalue weighted by Crippen LogP contribution is 2.32. The minimum Gasteiger partial charge on any atom is -0.378 e. The SMILES string of the molecule is CCc1nc(C(=O)NNc2ncc(F)c(N3CCOCC3)n2)ccc1Nc1cccc(C(F)(F)F)c1. The number of anilines is 4. The van der Waals surface area contributed by atoms with Gasteiger partial charge in [0.2, 0.25) is 5.95 Å². The quantitative estimate of drug-likeness (QED) is 0.328. The molecular formula is C23H23F4N7O2. The first-order valence-corrected chi connectivity index (χ1v) is 11.1. The van der Waals surface area contributed by atoms with E-state index in [0.717, 1.165) is 18.3 Å². The Labute approximate surface area is 203 Å². The van der Waals surface area contributed by atoms with Gasteiger partial charge in [0, 0.05) is 18.8 Å². The molecule has 0 saturated carbocycles. The second-order valence-electron chi connectivity index (χ2n) is 7.79. The minimum absolute atomic E-state index is 0.00945. The van der Waals surface area contributed by atoms with Crippen molar-refractivity contribution in [3.05, 3.63) is 65.4 Å². The molecule has 190 valence electrons. The summed E-state index contributed by atoms with van der Waals surface area (Å²) in [6.45, 7) is 3.66. The van der Waals surface area contributed by atoms with Gasteiger partial charge in [-0.15, -0.1) is 0 Å². The molecule has 4 rings (SSSR count). The number of alkyl halides is 3. The number of pyridine rings is 1. The molecule has 0 spiro atoms. The normalized spacial score (nSPS) is 13.9. The third kappa shape index (κ3) is 5.97. The third-order valence-corrected chi connectivity index (χ3v) is 5.33. The van der Waals surface area contributed by atoms with E-state index in [9.17, 15) is 22.4 Å². The Balaban J connectivity index is 1.44. The molecule has 0 bridgehead atoms. The van der Waals surface area contributed by atoms with E-state index in [2.05, 4.69) is 31.1 Å². The second-order valence-corrected chi connectivity index (χ2v) is 7.79. The van der Waals surface area contributed by atoms with E-state index in [4.69, 9.17) is 4.74 Å². The van der Waals surface area contributed by atoms with E-state index in [0.29, 0.717) is 44.1 Å². The molecule has 0 aliphatic carbocycles. The number of rotatable bonds is 7. The molecule has 0 radical (unpaired) electrons. The Morgan fingerprint density at radius 3 is 2.64 bits per heavy atom. The van der Waals surface area contributed by atoms with Gasteiger partial charge in [-0.1, -0.05) is 13.0 Å². The molecule has 36 heavy (non-hydrogen) atoms. The third-order valence-electron chi connectivity index (χ3n) is 5.33. The maximum atomic E-state index is 14.2. The van der Waals surface area contributed by atoms with Crippen molar-refractivity contribution in [3.8, 4) is 0 Å². The Bertz CT molecular complexity index is 1230. The fraction of sp³-hybridized carbons (Fsp3) is 0.304. The van der Waals surface area contributed by atoms with E-state index in [-0.39, 0.29) is 23.1 Å². The minimum atomic E-state index is -4.46. The Kier molecular flexibility index (Phi) is 7.48. The van der Waals surface area contributed by atoms with Gasteiger partial charge in [-0.05, 0) is 36.8 Å². The standard InChI is InChI=1S/C23H23F4N7O2/c1-2-17-18(29-15-5-3-4-14(12-15)23(25,26)27)6-7-19(30-17)21(35)32-33-22-28-13-16(24)20(31-22)34-8-10-36-11-9-34/h3-7,12-13,29H,2,8-11H2,1H3,(H,32,35)(H,28,31,33). The van der Waals surface area contributed by atoms with Gasteiger partial charge >= 0.3 is 6.18 Å². The maximum Gasteiger partial charge on any atom is 0.416 e. The molecule has 0 unspecified atom stereocenters. The highest BCUT2D eigenvalue weighted by Gasteiger charge is 2.30. The molecule has 1 amide bonds. The van der Waals surface area contributed by atoms with Crippen molar-refractivity contribution in [2.75, 3.05) is 41.9 Å². The molecule has 3 aromatic rings. The first-order valence-electron chi connectivity index (χ1n) is 11.1. The monoisotopic (exact) mass is 505 g/mol. The number of hydrogen-bond acceptors (Lipinski definition) is 8. The number of ether oxygens (including phenoxy) is 1. The van der Waals surface area contributed by atoms with Crippen LogP contribution in [-0.4, -0.2) is 47.2 Å². The number of benzene rings is 1. The summed E-state index contributed by atoms with van der Waals surface area (Å²) in [6.07, 6.45) is -3.04. The molecule has 1 aromatic carbocycles. The zero-order chi connectivity index (χ0) is 25.7. The number of carbonyl (C=O) groups is 1. The predicted molar refractivity (Wildman–Crippen MR) is 124 cm³/mol. The molecule has 3 N–H and O–H groups in total. The average Bonchev–Trinajstić information content (AvgIpc) is 2.88. The van der Waals surface area contributed by atoms with Crippen LogP contribution < -0.4 is 21.1 Å². The lowest BCUT2D eigenvalue weighted by molar-refractivity contribution is -0.137. The van der Waals surface area contributed by atoms with Crippen LogP contribution in [-0.2, 0) is 17.3 Å². The molecule has 9 nitrogen and oxygen atoms in total. The summed E-state index contributed by atoms with van der Waals surface area (Å²) in [6, 6.07) is 7.78. The fourth-order valence-corrected chi connectivity index (χ4v) is 3.53. The van der Waals surface area contributed by atoms with Crippen molar-refractivity contribution < 1.29 is 27.1 Å². The summed E-state index contributed by atoms with van der Waals surface area (Å²) in [4.78, 5) is 26.6. The van der Waals surface area contributed by atoms with E-state index in [1.165, 1.54) is 18.2 Å². The lowest BCUT2D eigenvalue weighted by atomic mass is 10.1. The van der Waals surface area contributed by atoms with E-state index < -0.39 is 23.5 Å². The summed E-state index contributed by atoms with van der Waals surface area (Å²) >= 11 is 0. The van der Waals surface area contributed by atoms with Crippen LogP contribution in [0.4, 0.5) is 40.7 Å². The van der Waals surface area contributed by atoms with Crippen LogP contribution in [0, 0.1) is 5.82 Å². The zero-order valence-electron chi connectivity index (χ0n) is 19.2. The molecule has 0 atom stereocenters. The van der Waals surface area contributed by atoms with Gasteiger partial charge < -0.3 is 15.0 Å². The molecular weight excluding hydrogens is 482 g/mol. The first-order chi connectivity index (χ1) is 17.2. The van der Waals surface area contributed by atoms with Crippen molar-refractivity contribution in [3.63, 3.8) is 0 Å². The van der Waals surface area contributed by atoms with Crippen LogP contribution in [0.2, 0.25) is 0 Å². The zero-order valence-corrected chi connectivity index (χ0v) is 19.2. The molecule has 3 heterocycles. The molecule has 1 saturated heterocycles. The Morgan fingerprint density at radius 1 is 1.14 bits per heavy atom. The largest absolute Gasteiger partial charge is 0.416 e. The van der Waals surface area contributed by atoms with Gasteiger partial charge in [0.05, 0.1) is 36.4 Å². The van der Waals surface area contributed by atoms with Crippen LogP contribution in [0.1, 0.15) is 28.7 Å². The van der Waals surface area contributed by atoms with Gasteiger partial charge in [-0.25, -0.2) is 14.4 Å². The van der Waals surface area contributed by atoms with E-state index in [1.54, 1.807) is 17.9 Å².